The van der Waals surface area contributed by atoms with Gasteiger partial charge in [-0.3, -0.25) is 14.7 Å². The van der Waals surface area contributed by atoms with Crippen molar-refractivity contribution in [2.24, 2.45) is 7.05 Å². The summed E-state index contributed by atoms with van der Waals surface area (Å²) >= 11 is 0. The van der Waals surface area contributed by atoms with Gasteiger partial charge in [0.1, 0.15) is 5.82 Å². The molecular formula is C18H25N5O. The largest absolute Gasteiger partial charge is 0.339 e. The Morgan fingerprint density at radius 2 is 2.21 bits per heavy atom. The van der Waals surface area contributed by atoms with E-state index in [1.54, 1.807) is 12.4 Å². The van der Waals surface area contributed by atoms with Gasteiger partial charge in [-0.2, -0.15) is 0 Å². The molecule has 3 rings (SSSR count). The van der Waals surface area contributed by atoms with Crippen LogP contribution >= 0.6 is 0 Å². The standard InChI is InChI=1S/C18H25N5O/c1-4-22-10-11-23(13-16(22)17-20-8-9-21(17)3)18(24)14(2)15-6-5-7-19-12-15/h5-9,12,14,16H,4,10-11,13H2,1-3H3/t14-,16-/m0/s1. The molecule has 0 bridgehead atoms. The summed E-state index contributed by atoms with van der Waals surface area (Å²) in [6.45, 7) is 7.39. The third-order valence-corrected chi connectivity index (χ3v) is 4.92. The van der Waals surface area contributed by atoms with Gasteiger partial charge in [0.05, 0.1) is 12.0 Å². The highest BCUT2D eigenvalue weighted by Crippen LogP contribution is 2.26. The summed E-state index contributed by atoms with van der Waals surface area (Å²) in [6.07, 6.45) is 7.29. The Hall–Kier alpha value is -2.21. The van der Waals surface area contributed by atoms with E-state index in [0.29, 0.717) is 6.54 Å². The zero-order valence-electron chi connectivity index (χ0n) is 14.6. The summed E-state index contributed by atoms with van der Waals surface area (Å²) in [4.78, 5) is 26.0. The minimum absolute atomic E-state index is 0.147. The second-order valence-corrected chi connectivity index (χ2v) is 6.33. The summed E-state index contributed by atoms with van der Waals surface area (Å²) in [6, 6.07) is 3.99. The highest BCUT2D eigenvalue weighted by atomic mass is 16.2. The van der Waals surface area contributed by atoms with E-state index in [-0.39, 0.29) is 17.9 Å². The Bertz CT molecular complexity index is 684. The summed E-state index contributed by atoms with van der Waals surface area (Å²) < 4.78 is 2.05. The van der Waals surface area contributed by atoms with Crippen molar-refractivity contribution in [2.45, 2.75) is 25.8 Å². The van der Waals surface area contributed by atoms with E-state index in [4.69, 9.17) is 0 Å². The van der Waals surface area contributed by atoms with E-state index < -0.39 is 0 Å². The number of rotatable bonds is 4. The highest BCUT2D eigenvalue weighted by Gasteiger charge is 2.33. The molecule has 1 fully saturated rings. The number of nitrogens with zero attached hydrogens (tertiary/aromatic N) is 5. The smallest absolute Gasteiger partial charge is 0.229 e. The van der Waals surface area contributed by atoms with Gasteiger partial charge in [0, 0.05) is 51.5 Å². The number of imidazole rings is 1. The predicted molar refractivity (Wildman–Crippen MR) is 92.4 cm³/mol. The number of carbonyl (C=O) groups excluding carboxylic acids is 1. The summed E-state index contributed by atoms with van der Waals surface area (Å²) in [5, 5.41) is 0. The van der Waals surface area contributed by atoms with Crippen LogP contribution in [-0.2, 0) is 11.8 Å². The molecule has 1 aliphatic heterocycles. The van der Waals surface area contributed by atoms with Gasteiger partial charge in [0.25, 0.3) is 0 Å². The molecule has 6 nitrogen and oxygen atoms in total. The fourth-order valence-electron chi connectivity index (χ4n) is 3.39. The van der Waals surface area contributed by atoms with Gasteiger partial charge in [-0.15, -0.1) is 0 Å². The van der Waals surface area contributed by atoms with Crippen molar-refractivity contribution in [1.29, 1.82) is 0 Å². The van der Waals surface area contributed by atoms with Crippen LogP contribution < -0.4 is 0 Å². The molecule has 24 heavy (non-hydrogen) atoms. The van der Waals surface area contributed by atoms with E-state index in [1.165, 1.54) is 0 Å². The number of carbonyl (C=O) groups is 1. The molecule has 2 atom stereocenters. The van der Waals surface area contributed by atoms with Crippen LogP contribution in [0.1, 0.15) is 37.2 Å². The number of piperazine rings is 1. The van der Waals surface area contributed by atoms with E-state index in [9.17, 15) is 4.79 Å². The first kappa shape index (κ1) is 16.6. The number of pyridine rings is 1. The van der Waals surface area contributed by atoms with Crippen molar-refractivity contribution in [3.8, 4) is 0 Å². The van der Waals surface area contributed by atoms with Crippen LogP contribution in [0.15, 0.2) is 36.9 Å². The molecule has 1 saturated heterocycles. The number of hydrogen-bond acceptors (Lipinski definition) is 4. The van der Waals surface area contributed by atoms with Crippen LogP contribution in [0.25, 0.3) is 0 Å². The van der Waals surface area contributed by atoms with Crippen LogP contribution in [-0.4, -0.2) is 56.4 Å². The third-order valence-electron chi connectivity index (χ3n) is 4.92. The molecule has 0 radical (unpaired) electrons. The zero-order chi connectivity index (χ0) is 17.1. The van der Waals surface area contributed by atoms with Crippen molar-refractivity contribution in [3.05, 3.63) is 48.3 Å². The molecule has 2 aromatic heterocycles. The SMILES string of the molecule is CCN1CCN(C(=O)[C@@H](C)c2cccnc2)C[C@H]1c1nccn1C. The molecule has 0 unspecified atom stereocenters. The monoisotopic (exact) mass is 327 g/mol. The summed E-state index contributed by atoms with van der Waals surface area (Å²) in [5.41, 5.74) is 0.967. The molecule has 128 valence electrons. The fraction of sp³-hybridized carbons (Fsp3) is 0.500. The van der Waals surface area contributed by atoms with E-state index in [1.807, 2.05) is 48.0 Å². The predicted octanol–water partition coefficient (Wildman–Crippen LogP) is 1.82. The molecule has 3 heterocycles. The van der Waals surface area contributed by atoms with Crippen LogP contribution in [0.5, 0.6) is 0 Å². The van der Waals surface area contributed by atoms with Gasteiger partial charge in [0.2, 0.25) is 5.91 Å². The fourth-order valence-corrected chi connectivity index (χ4v) is 3.39. The first-order valence-electron chi connectivity index (χ1n) is 8.51. The lowest BCUT2D eigenvalue weighted by Gasteiger charge is -2.41. The van der Waals surface area contributed by atoms with Gasteiger partial charge in [-0.25, -0.2) is 4.98 Å². The molecule has 2 aromatic rings. The molecule has 0 N–H and O–H groups in total. The molecule has 0 saturated carbocycles. The van der Waals surface area contributed by atoms with Gasteiger partial charge in [-0.1, -0.05) is 13.0 Å². The van der Waals surface area contributed by atoms with Gasteiger partial charge < -0.3 is 9.47 Å². The van der Waals surface area contributed by atoms with E-state index in [2.05, 4.69) is 21.8 Å². The maximum atomic E-state index is 12.9. The minimum atomic E-state index is -0.172. The lowest BCUT2D eigenvalue weighted by molar-refractivity contribution is -0.135. The third kappa shape index (κ3) is 3.19. The second kappa shape index (κ2) is 7.13. The molecule has 1 aliphatic rings. The minimum Gasteiger partial charge on any atom is -0.339 e. The van der Waals surface area contributed by atoms with Crippen molar-refractivity contribution in [1.82, 2.24) is 24.3 Å². The maximum Gasteiger partial charge on any atom is 0.229 e. The quantitative estimate of drug-likeness (QED) is 0.860. The number of hydrogen-bond donors (Lipinski definition) is 0. The van der Waals surface area contributed by atoms with Gasteiger partial charge >= 0.3 is 0 Å². The molecule has 6 heteroatoms. The number of aryl methyl sites for hydroxylation is 1. The first-order chi connectivity index (χ1) is 11.6. The highest BCUT2D eigenvalue weighted by molar-refractivity contribution is 5.83. The topological polar surface area (TPSA) is 54.3 Å². The lowest BCUT2D eigenvalue weighted by atomic mass is 10.0. The average Bonchev–Trinajstić information content (AvgIpc) is 3.06. The van der Waals surface area contributed by atoms with Crippen LogP contribution in [0, 0.1) is 0 Å². The van der Waals surface area contributed by atoms with E-state index in [0.717, 1.165) is 31.0 Å². The average molecular weight is 327 g/mol. The number of aromatic nitrogens is 3. The lowest BCUT2D eigenvalue weighted by Crippen LogP contribution is -2.51. The Labute approximate surface area is 143 Å². The van der Waals surface area contributed by atoms with Crippen molar-refractivity contribution in [2.75, 3.05) is 26.2 Å². The summed E-state index contributed by atoms with van der Waals surface area (Å²) in [7, 11) is 2.01. The summed E-state index contributed by atoms with van der Waals surface area (Å²) in [5.74, 6) is 1.01. The van der Waals surface area contributed by atoms with Gasteiger partial charge in [-0.05, 0) is 25.1 Å². The molecule has 1 amide bonds. The van der Waals surface area contributed by atoms with E-state index >= 15 is 0 Å². The van der Waals surface area contributed by atoms with Gasteiger partial charge in [0.15, 0.2) is 0 Å². The number of amides is 1. The molecule has 0 spiro atoms. The Morgan fingerprint density at radius 3 is 2.83 bits per heavy atom. The Kier molecular flexibility index (Phi) is 4.94. The zero-order valence-corrected chi connectivity index (χ0v) is 14.6. The maximum absolute atomic E-state index is 12.9. The van der Waals surface area contributed by atoms with Crippen molar-refractivity contribution in [3.63, 3.8) is 0 Å². The molecule has 0 aliphatic carbocycles. The van der Waals surface area contributed by atoms with Crippen LogP contribution in [0.4, 0.5) is 0 Å². The second-order valence-electron chi connectivity index (χ2n) is 6.33. The normalized spacial score (nSPS) is 20.1. The number of likely N-dealkylation sites (N-methyl/N-ethyl adjacent to an activating group) is 1. The Morgan fingerprint density at radius 1 is 1.38 bits per heavy atom. The molecular weight excluding hydrogens is 302 g/mol. The van der Waals surface area contributed by atoms with Crippen LogP contribution in [0.2, 0.25) is 0 Å². The molecule has 0 aromatic carbocycles. The first-order valence-corrected chi connectivity index (χ1v) is 8.51. The van der Waals surface area contributed by atoms with Crippen molar-refractivity contribution >= 4 is 5.91 Å². The Balaban J connectivity index is 1.77. The van der Waals surface area contributed by atoms with Crippen LogP contribution in [0.3, 0.4) is 0 Å². The van der Waals surface area contributed by atoms with Crippen molar-refractivity contribution < 1.29 is 4.79 Å².